The molecule has 1 saturated carbocycles. The lowest BCUT2D eigenvalue weighted by Gasteiger charge is -2.47. The number of fused-ring (bicyclic) bond motifs is 1. The van der Waals surface area contributed by atoms with Crippen molar-refractivity contribution in [3.05, 3.63) is 53.5 Å². The quantitative estimate of drug-likeness (QED) is 0.780. The molecule has 1 saturated heterocycles. The summed E-state index contributed by atoms with van der Waals surface area (Å²) in [5.74, 6) is -3.48. The van der Waals surface area contributed by atoms with Gasteiger partial charge in [-0.25, -0.2) is 23.1 Å². The summed E-state index contributed by atoms with van der Waals surface area (Å²) in [6, 6.07) is 4.40. The van der Waals surface area contributed by atoms with Crippen molar-refractivity contribution in [1.29, 1.82) is 0 Å². The molecule has 3 atom stereocenters. The Morgan fingerprint density at radius 1 is 1.22 bits per heavy atom. The van der Waals surface area contributed by atoms with E-state index < -0.39 is 34.8 Å². The topological polar surface area (TPSA) is 90.0 Å². The maximum absolute atomic E-state index is 15.1. The molecule has 1 aliphatic carbocycles. The molecule has 0 bridgehead atoms. The Bertz CT molecular complexity index is 1120. The summed E-state index contributed by atoms with van der Waals surface area (Å²) < 4.78 is 53.8. The Morgan fingerprint density at radius 2 is 2.00 bits per heavy atom. The highest BCUT2D eigenvalue weighted by Gasteiger charge is 2.56. The van der Waals surface area contributed by atoms with E-state index in [9.17, 15) is 13.6 Å². The van der Waals surface area contributed by atoms with Crippen LogP contribution in [0.2, 0.25) is 0 Å². The molecule has 168 valence electrons. The molecular formula is C22H21F3N4O3. The molecule has 2 aromatic rings. The molecule has 10 heteroatoms. The second-order valence-electron chi connectivity index (χ2n) is 8.45. The molecule has 1 aromatic carbocycles. The van der Waals surface area contributed by atoms with Crippen molar-refractivity contribution in [2.75, 3.05) is 13.7 Å². The Hall–Kier alpha value is -3.14. The van der Waals surface area contributed by atoms with Gasteiger partial charge in [-0.15, -0.1) is 0 Å². The van der Waals surface area contributed by atoms with Crippen molar-refractivity contribution in [2.24, 2.45) is 22.6 Å². The third-order valence-electron chi connectivity index (χ3n) is 6.39. The van der Waals surface area contributed by atoms with Crippen LogP contribution in [0.4, 0.5) is 13.2 Å². The summed E-state index contributed by atoms with van der Waals surface area (Å²) in [6.45, 7) is -0.0252. The Kier molecular flexibility index (Phi) is 4.85. The van der Waals surface area contributed by atoms with Crippen molar-refractivity contribution < 1.29 is 27.4 Å². The number of ether oxygens (including phenoxy) is 2. The van der Waals surface area contributed by atoms with Gasteiger partial charge in [0.05, 0.1) is 24.8 Å². The Labute approximate surface area is 182 Å². The molecular weight excluding hydrogens is 425 g/mol. The minimum absolute atomic E-state index is 0.0252. The molecule has 2 aliphatic heterocycles. The van der Waals surface area contributed by atoms with Crippen LogP contribution in [0.5, 0.6) is 11.6 Å². The molecule has 5 rings (SSSR count). The fourth-order valence-corrected chi connectivity index (χ4v) is 4.48. The van der Waals surface area contributed by atoms with Crippen LogP contribution in [-0.2, 0) is 15.1 Å². The number of guanidine groups is 1. The maximum Gasteiger partial charge on any atom is 0.256 e. The molecule has 1 aromatic heterocycles. The predicted molar refractivity (Wildman–Crippen MR) is 107 cm³/mol. The number of aliphatic imine (C=N–C) groups is 1. The van der Waals surface area contributed by atoms with Gasteiger partial charge in [-0.3, -0.25) is 9.69 Å². The lowest BCUT2D eigenvalue weighted by Crippen LogP contribution is -2.60. The van der Waals surface area contributed by atoms with E-state index in [4.69, 9.17) is 15.2 Å². The molecule has 0 radical (unpaired) electrons. The number of carbonyl (C=O) groups is 1. The average molecular weight is 446 g/mol. The number of hydrogen-bond donors (Lipinski definition) is 1. The zero-order valence-corrected chi connectivity index (χ0v) is 17.2. The Balaban J connectivity index is 1.56. The van der Waals surface area contributed by atoms with Crippen molar-refractivity contribution >= 4 is 11.9 Å². The van der Waals surface area contributed by atoms with E-state index in [1.807, 2.05) is 0 Å². The van der Waals surface area contributed by atoms with Gasteiger partial charge in [0.2, 0.25) is 5.91 Å². The fraction of sp³-hybridized carbons (Fsp3) is 0.409. The summed E-state index contributed by atoms with van der Waals surface area (Å²) in [5, 5.41) is 0. The van der Waals surface area contributed by atoms with Crippen molar-refractivity contribution in [2.45, 2.75) is 30.9 Å². The molecule has 3 aliphatic rings. The van der Waals surface area contributed by atoms with E-state index in [2.05, 4.69) is 9.98 Å². The van der Waals surface area contributed by atoms with E-state index in [0.29, 0.717) is 18.4 Å². The third kappa shape index (κ3) is 3.38. The largest absolute Gasteiger partial charge is 0.436 e. The molecule has 2 N–H and O–H groups in total. The van der Waals surface area contributed by atoms with E-state index >= 15 is 4.39 Å². The number of carbonyl (C=O) groups excluding carboxylic acids is 1. The molecule has 1 amide bonds. The second-order valence-corrected chi connectivity index (χ2v) is 8.45. The zero-order chi connectivity index (χ0) is 22.6. The van der Waals surface area contributed by atoms with Crippen molar-refractivity contribution in [1.82, 2.24) is 9.88 Å². The first-order valence-electron chi connectivity index (χ1n) is 10.3. The van der Waals surface area contributed by atoms with Crippen LogP contribution in [-0.4, -0.2) is 41.5 Å². The summed E-state index contributed by atoms with van der Waals surface area (Å²) >= 11 is 0. The summed E-state index contributed by atoms with van der Waals surface area (Å²) in [5.41, 5.74) is 4.68. The lowest BCUT2D eigenvalue weighted by atomic mass is 9.72. The zero-order valence-electron chi connectivity index (χ0n) is 17.2. The van der Waals surface area contributed by atoms with Crippen LogP contribution in [0, 0.1) is 29.3 Å². The predicted octanol–water partition coefficient (Wildman–Crippen LogP) is 3.09. The van der Waals surface area contributed by atoms with Gasteiger partial charge in [-0.1, -0.05) is 0 Å². The summed E-state index contributed by atoms with van der Waals surface area (Å²) in [6.07, 6.45) is 3.18. The normalized spacial score (nSPS) is 27.7. The van der Waals surface area contributed by atoms with Crippen LogP contribution >= 0.6 is 0 Å². The number of amides is 1. The average Bonchev–Trinajstić information content (AvgIpc) is 3.60. The first-order chi connectivity index (χ1) is 15.3. The van der Waals surface area contributed by atoms with Gasteiger partial charge in [-0.05, 0) is 43.4 Å². The summed E-state index contributed by atoms with van der Waals surface area (Å²) in [4.78, 5) is 22.6. The molecule has 7 nitrogen and oxygen atoms in total. The smallest absolute Gasteiger partial charge is 0.256 e. The SMILES string of the molecule is CN1C(=O)[C@@H]2C[C@H](C3CC3)OC[C@]2(c2cc(Oc3ncc(F)cc3F)ccc2F)N=C1N. The van der Waals surface area contributed by atoms with Crippen LogP contribution in [0.3, 0.4) is 0 Å². The number of rotatable bonds is 4. The van der Waals surface area contributed by atoms with E-state index in [-0.39, 0.29) is 35.9 Å². The number of halogens is 3. The lowest BCUT2D eigenvalue weighted by molar-refractivity contribution is -0.146. The first kappa shape index (κ1) is 20.7. The van der Waals surface area contributed by atoms with Gasteiger partial charge in [0.15, 0.2) is 11.8 Å². The highest BCUT2D eigenvalue weighted by atomic mass is 19.1. The minimum Gasteiger partial charge on any atom is -0.436 e. The number of hydrogen-bond acceptors (Lipinski definition) is 6. The molecule has 0 unspecified atom stereocenters. The minimum atomic E-state index is -1.38. The van der Waals surface area contributed by atoms with Gasteiger partial charge < -0.3 is 15.2 Å². The molecule has 0 spiro atoms. The molecule has 2 fully saturated rings. The van der Waals surface area contributed by atoms with Crippen LogP contribution < -0.4 is 10.5 Å². The number of nitrogens with zero attached hydrogens (tertiary/aromatic N) is 3. The first-order valence-corrected chi connectivity index (χ1v) is 10.3. The Morgan fingerprint density at radius 3 is 2.72 bits per heavy atom. The summed E-state index contributed by atoms with van der Waals surface area (Å²) in [7, 11) is 1.53. The van der Waals surface area contributed by atoms with Gasteiger partial charge in [0.1, 0.15) is 22.9 Å². The van der Waals surface area contributed by atoms with Gasteiger partial charge in [-0.2, -0.15) is 0 Å². The highest BCUT2D eigenvalue weighted by Crippen LogP contribution is 2.50. The number of benzene rings is 1. The number of pyridine rings is 1. The second kappa shape index (κ2) is 7.47. The van der Waals surface area contributed by atoms with E-state index in [1.165, 1.54) is 24.1 Å². The van der Waals surface area contributed by atoms with Crippen LogP contribution in [0.25, 0.3) is 0 Å². The van der Waals surface area contributed by atoms with Crippen LogP contribution in [0.1, 0.15) is 24.8 Å². The molecule has 32 heavy (non-hydrogen) atoms. The van der Waals surface area contributed by atoms with Gasteiger partial charge in [0.25, 0.3) is 5.88 Å². The van der Waals surface area contributed by atoms with E-state index in [0.717, 1.165) is 25.1 Å². The van der Waals surface area contributed by atoms with Crippen LogP contribution in [0.15, 0.2) is 35.5 Å². The number of nitrogens with two attached hydrogens (primary N) is 1. The standard InChI is InChI=1S/C22H21F3N4O3/c1-29-20(30)15-8-18(11-2-3-11)31-10-22(15,28-21(29)26)14-7-13(4-5-16(14)24)32-19-17(25)6-12(23)9-27-19/h4-7,9,11,15,18H,2-3,8,10H2,1H3,(H2,26,28)/t15-,18+,22+/m0/s1. The maximum atomic E-state index is 15.1. The van der Waals surface area contributed by atoms with Gasteiger partial charge in [0, 0.05) is 18.7 Å². The van der Waals surface area contributed by atoms with Crippen molar-refractivity contribution in [3.8, 4) is 11.6 Å². The van der Waals surface area contributed by atoms with E-state index in [1.54, 1.807) is 0 Å². The fourth-order valence-electron chi connectivity index (χ4n) is 4.48. The third-order valence-corrected chi connectivity index (χ3v) is 6.39. The highest BCUT2D eigenvalue weighted by molar-refractivity contribution is 6.00. The number of aromatic nitrogens is 1. The molecule has 3 heterocycles. The van der Waals surface area contributed by atoms with Gasteiger partial charge >= 0.3 is 0 Å². The van der Waals surface area contributed by atoms with Crippen molar-refractivity contribution in [3.63, 3.8) is 0 Å². The monoisotopic (exact) mass is 446 g/mol.